The summed E-state index contributed by atoms with van der Waals surface area (Å²) in [4.78, 5) is 0. The Bertz CT molecular complexity index is 348. The Morgan fingerprint density at radius 3 is 1.94 bits per heavy atom. The number of rotatable bonds is 2. The Kier molecular flexibility index (Phi) is 3.19. The van der Waals surface area contributed by atoms with Crippen LogP contribution in [-0.4, -0.2) is 7.11 Å². The van der Waals surface area contributed by atoms with Crippen molar-refractivity contribution >= 4 is 0 Å². The predicted molar refractivity (Wildman–Crippen MR) is 55.2 cm³/mol. The van der Waals surface area contributed by atoms with Gasteiger partial charge in [-0.05, 0) is 37.6 Å². The van der Waals surface area contributed by atoms with Gasteiger partial charge in [0.25, 0.3) is 0 Å². The maximum absolute atomic E-state index is 12.6. The smallest absolute Gasteiger partial charge is 0.416 e. The van der Waals surface area contributed by atoms with Gasteiger partial charge in [-0.3, -0.25) is 0 Å². The van der Waals surface area contributed by atoms with E-state index in [0.29, 0.717) is 5.56 Å². The molecular weight excluding hydrogens is 219 g/mol. The maximum Gasteiger partial charge on any atom is 0.416 e. The van der Waals surface area contributed by atoms with Crippen LogP contribution in [0.5, 0.6) is 5.75 Å². The Morgan fingerprint density at radius 2 is 1.56 bits per heavy atom. The minimum atomic E-state index is -4.39. The van der Waals surface area contributed by atoms with Gasteiger partial charge in [0.2, 0.25) is 0 Å². The number of ether oxygens (including phenoxy) is 1. The number of halogens is 3. The van der Waals surface area contributed by atoms with Gasteiger partial charge >= 0.3 is 6.18 Å². The van der Waals surface area contributed by atoms with Crippen LogP contribution in [0.2, 0.25) is 0 Å². The zero-order chi connectivity index (χ0) is 12.6. The van der Waals surface area contributed by atoms with Crippen LogP contribution in [0.1, 0.15) is 25.0 Å². The number of hydrogen-bond acceptors (Lipinski definition) is 2. The highest BCUT2D eigenvalue weighted by molar-refractivity contribution is 5.38. The number of benzene rings is 1. The van der Waals surface area contributed by atoms with Crippen molar-refractivity contribution in [3.63, 3.8) is 0 Å². The van der Waals surface area contributed by atoms with Gasteiger partial charge in [-0.1, -0.05) is 0 Å². The summed E-state index contributed by atoms with van der Waals surface area (Å²) in [7, 11) is 1.32. The second kappa shape index (κ2) is 3.97. The average Bonchev–Trinajstić information content (AvgIpc) is 2.14. The summed E-state index contributed by atoms with van der Waals surface area (Å²) >= 11 is 0. The predicted octanol–water partition coefficient (Wildman–Crippen LogP) is 2.91. The molecule has 90 valence electrons. The fraction of sp³-hybridized carbons (Fsp3) is 0.455. The first-order valence-corrected chi connectivity index (χ1v) is 4.70. The minimum Gasteiger partial charge on any atom is -0.497 e. The van der Waals surface area contributed by atoms with E-state index in [9.17, 15) is 13.2 Å². The average molecular weight is 233 g/mol. The molecule has 0 saturated heterocycles. The SMILES string of the molecule is COc1cc(C(C)(C)N)cc(C(F)(F)F)c1. The van der Waals surface area contributed by atoms with E-state index in [1.807, 2.05) is 0 Å². The highest BCUT2D eigenvalue weighted by atomic mass is 19.4. The molecular formula is C11H14F3NO. The van der Waals surface area contributed by atoms with Crippen LogP contribution in [0.15, 0.2) is 18.2 Å². The highest BCUT2D eigenvalue weighted by Gasteiger charge is 2.32. The molecule has 16 heavy (non-hydrogen) atoms. The normalized spacial score (nSPS) is 12.7. The topological polar surface area (TPSA) is 35.2 Å². The molecule has 0 spiro atoms. The number of nitrogens with two attached hydrogens (primary N) is 1. The Morgan fingerprint density at radius 1 is 1.06 bits per heavy atom. The highest BCUT2D eigenvalue weighted by Crippen LogP contribution is 2.34. The molecule has 1 rings (SSSR count). The summed E-state index contributed by atoms with van der Waals surface area (Å²) < 4.78 is 42.6. The van der Waals surface area contributed by atoms with Crippen molar-refractivity contribution in [2.75, 3.05) is 7.11 Å². The van der Waals surface area contributed by atoms with E-state index in [4.69, 9.17) is 10.5 Å². The molecule has 0 aliphatic heterocycles. The molecule has 0 radical (unpaired) electrons. The van der Waals surface area contributed by atoms with Gasteiger partial charge in [0.05, 0.1) is 12.7 Å². The Hall–Kier alpha value is -1.23. The van der Waals surface area contributed by atoms with Gasteiger partial charge in [-0.25, -0.2) is 0 Å². The quantitative estimate of drug-likeness (QED) is 0.852. The summed E-state index contributed by atoms with van der Waals surface area (Å²) in [5.41, 5.74) is 4.57. The van der Waals surface area contributed by atoms with Crippen LogP contribution in [0.25, 0.3) is 0 Å². The van der Waals surface area contributed by atoms with Crippen molar-refractivity contribution in [3.05, 3.63) is 29.3 Å². The fourth-order valence-electron chi connectivity index (χ4n) is 1.25. The molecule has 0 amide bonds. The van der Waals surface area contributed by atoms with E-state index in [1.54, 1.807) is 13.8 Å². The first-order chi connectivity index (χ1) is 7.14. The molecule has 0 bridgehead atoms. The van der Waals surface area contributed by atoms with Gasteiger partial charge in [-0.2, -0.15) is 13.2 Å². The van der Waals surface area contributed by atoms with Crippen molar-refractivity contribution in [1.29, 1.82) is 0 Å². The molecule has 1 aromatic carbocycles. The van der Waals surface area contributed by atoms with E-state index in [2.05, 4.69) is 0 Å². The van der Waals surface area contributed by atoms with Crippen LogP contribution < -0.4 is 10.5 Å². The summed E-state index contributed by atoms with van der Waals surface area (Å²) in [6, 6.07) is 3.51. The van der Waals surface area contributed by atoms with Crippen molar-refractivity contribution < 1.29 is 17.9 Å². The molecule has 2 N–H and O–H groups in total. The summed E-state index contributed by atoms with van der Waals surface area (Å²) in [6.45, 7) is 3.28. The maximum atomic E-state index is 12.6. The van der Waals surface area contributed by atoms with Gasteiger partial charge in [0.15, 0.2) is 0 Å². The molecule has 0 aromatic heterocycles. The van der Waals surface area contributed by atoms with E-state index in [-0.39, 0.29) is 5.75 Å². The Balaban J connectivity index is 3.33. The molecule has 0 heterocycles. The van der Waals surface area contributed by atoms with Crippen molar-refractivity contribution in [3.8, 4) is 5.75 Å². The molecule has 0 atom stereocenters. The first-order valence-electron chi connectivity index (χ1n) is 4.70. The number of hydrogen-bond donors (Lipinski definition) is 1. The van der Waals surface area contributed by atoms with Gasteiger partial charge in [0, 0.05) is 5.54 Å². The van der Waals surface area contributed by atoms with Gasteiger partial charge in [0.1, 0.15) is 5.75 Å². The van der Waals surface area contributed by atoms with Crippen LogP contribution in [0.4, 0.5) is 13.2 Å². The number of alkyl halides is 3. The van der Waals surface area contributed by atoms with Crippen LogP contribution in [0, 0.1) is 0 Å². The molecule has 0 unspecified atom stereocenters. The van der Waals surface area contributed by atoms with Crippen molar-refractivity contribution in [1.82, 2.24) is 0 Å². The second-order valence-electron chi connectivity index (χ2n) is 4.17. The van der Waals surface area contributed by atoms with Crippen molar-refractivity contribution in [2.24, 2.45) is 5.73 Å². The van der Waals surface area contributed by atoms with Crippen LogP contribution in [0.3, 0.4) is 0 Å². The summed E-state index contributed by atoms with van der Waals surface area (Å²) in [5.74, 6) is 0.156. The molecule has 1 aromatic rings. The third-order valence-electron chi connectivity index (χ3n) is 2.21. The van der Waals surface area contributed by atoms with Gasteiger partial charge in [-0.15, -0.1) is 0 Å². The summed E-state index contributed by atoms with van der Waals surface area (Å²) in [6.07, 6.45) is -4.39. The largest absolute Gasteiger partial charge is 0.497 e. The second-order valence-corrected chi connectivity index (χ2v) is 4.17. The third-order valence-corrected chi connectivity index (χ3v) is 2.21. The molecule has 0 aliphatic rings. The van der Waals surface area contributed by atoms with E-state index in [1.165, 1.54) is 13.2 Å². The van der Waals surface area contributed by atoms with Gasteiger partial charge < -0.3 is 10.5 Å². The third kappa shape index (κ3) is 2.88. The zero-order valence-corrected chi connectivity index (χ0v) is 9.35. The van der Waals surface area contributed by atoms with E-state index < -0.39 is 17.3 Å². The first kappa shape index (κ1) is 12.8. The lowest BCUT2D eigenvalue weighted by molar-refractivity contribution is -0.137. The van der Waals surface area contributed by atoms with Crippen LogP contribution in [-0.2, 0) is 11.7 Å². The van der Waals surface area contributed by atoms with Crippen LogP contribution >= 0.6 is 0 Å². The molecule has 5 heteroatoms. The Labute approximate surface area is 92.2 Å². The number of methoxy groups -OCH3 is 1. The molecule has 0 fully saturated rings. The standard InChI is InChI=1S/C11H14F3NO/c1-10(2,15)7-4-8(11(12,13)14)6-9(5-7)16-3/h4-6H,15H2,1-3H3. The minimum absolute atomic E-state index is 0.156. The van der Waals surface area contributed by atoms with E-state index in [0.717, 1.165) is 12.1 Å². The lowest BCUT2D eigenvalue weighted by atomic mass is 9.93. The monoisotopic (exact) mass is 233 g/mol. The lowest BCUT2D eigenvalue weighted by Gasteiger charge is -2.21. The molecule has 0 aliphatic carbocycles. The summed E-state index contributed by atoms with van der Waals surface area (Å²) in [5, 5.41) is 0. The lowest BCUT2D eigenvalue weighted by Crippen LogP contribution is -2.29. The molecule has 0 saturated carbocycles. The zero-order valence-electron chi connectivity index (χ0n) is 9.35. The molecule has 2 nitrogen and oxygen atoms in total. The van der Waals surface area contributed by atoms with Crippen molar-refractivity contribution in [2.45, 2.75) is 25.6 Å². The fourth-order valence-corrected chi connectivity index (χ4v) is 1.25. The van der Waals surface area contributed by atoms with E-state index >= 15 is 0 Å².